The highest BCUT2D eigenvalue weighted by Gasteiger charge is 2.34. The lowest BCUT2D eigenvalue weighted by atomic mass is 9.96. The predicted octanol–water partition coefficient (Wildman–Crippen LogP) is 3.58. The molecule has 1 aliphatic heterocycles. The first kappa shape index (κ1) is 21.6. The van der Waals surface area contributed by atoms with Crippen molar-refractivity contribution in [1.29, 1.82) is 0 Å². The Morgan fingerprint density at radius 1 is 1.34 bits per heavy atom. The number of unbranched alkanes of at least 4 members (excludes halogenated alkanes) is 1. The molecule has 0 amide bonds. The van der Waals surface area contributed by atoms with Crippen LogP contribution in [0.2, 0.25) is 0 Å². The molecule has 0 saturated heterocycles. The van der Waals surface area contributed by atoms with Crippen LogP contribution in [-0.4, -0.2) is 43.0 Å². The maximum absolute atomic E-state index is 11.7. The number of aryl methyl sites for hydroxylation is 1. The van der Waals surface area contributed by atoms with Gasteiger partial charge in [0.1, 0.15) is 40.5 Å². The molecule has 9 nitrogen and oxygen atoms in total. The zero-order valence-corrected chi connectivity index (χ0v) is 18.2. The number of nitrogens with zero attached hydrogens (tertiary/aromatic N) is 4. The molecule has 0 radical (unpaired) electrons. The first-order valence-electron chi connectivity index (χ1n) is 10.7. The molecule has 1 atom stereocenters. The monoisotopic (exact) mass is 437 g/mol. The first-order chi connectivity index (χ1) is 15.4. The number of pyridine rings is 1. The van der Waals surface area contributed by atoms with E-state index in [2.05, 4.69) is 22.1 Å². The van der Waals surface area contributed by atoms with Gasteiger partial charge in [-0.05, 0) is 50.5 Å². The summed E-state index contributed by atoms with van der Waals surface area (Å²) in [6, 6.07) is 8.78. The number of nitrogen functional groups attached to an aromatic ring is 1. The molecule has 0 saturated carbocycles. The molecule has 1 aromatic carbocycles. The highest BCUT2D eigenvalue weighted by molar-refractivity contribution is 5.91. The second-order valence-corrected chi connectivity index (χ2v) is 8.19. The van der Waals surface area contributed by atoms with Crippen LogP contribution >= 0.6 is 0 Å². The standard InChI is InChI=1S/C23H27N5O4/c1-3-23(2)13-15-11-19(16(22(29)30)12-18(15)32-23)31-10-5-4-9-28-14-25-27-21(28)17-7-6-8-20(24)26-17/h6-8,11-12,14H,3-5,9-10,13H2,1-2H3,(H2,24,26)(H,29,30). The van der Waals surface area contributed by atoms with Crippen molar-refractivity contribution in [2.75, 3.05) is 12.3 Å². The van der Waals surface area contributed by atoms with E-state index in [-0.39, 0.29) is 11.2 Å². The Bertz CT molecular complexity index is 1130. The van der Waals surface area contributed by atoms with E-state index >= 15 is 0 Å². The topological polar surface area (TPSA) is 125 Å². The molecule has 4 rings (SSSR count). The van der Waals surface area contributed by atoms with E-state index in [0.29, 0.717) is 42.0 Å². The van der Waals surface area contributed by atoms with Crippen molar-refractivity contribution in [3.8, 4) is 23.0 Å². The largest absolute Gasteiger partial charge is 0.493 e. The predicted molar refractivity (Wildman–Crippen MR) is 119 cm³/mol. The normalized spacial score (nSPS) is 17.1. The smallest absolute Gasteiger partial charge is 0.339 e. The molecule has 0 bridgehead atoms. The number of aromatic nitrogens is 4. The summed E-state index contributed by atoms with van der Waals surface area (Å²) in [5.74, 6) is 1.08. The van der Waals surface area contributed by atoms with Gasteiger partial charge in [0, 0.05) is 18.5 Å². The number of fused-ring (bicyclic) bond motifs is 1. The minimum Gasteiger partial charge on any atom is -0.493 e. The van der Waals surface area contributed by atoms with Gasteiger partial charge in [0.2, 0.25) is 0 Å². The lowest BCUT2D eigenvalue weighted by Gasteiger charge is -2.21. The summed E-state index contributed by atoms with van der Waals surface area (Å²) in [6.45, 7) is 5.18. The lowest BCUT2D eigenvalue weighted by Crippen LogP contribution is -2.28. The van der Waals surface area contributed by atoms with Gasteiger partial charge in [0.25, 0.3) is 0 Å². The average molecular weight is 438 g/mol. The number of anilines is 1. The van der Waals surface area contributed by atoms with Crippen LogP contribution in [0.25, 0.3) is 11.5 Å². The van der Waals surface area contributed by atoms with Crippen LogP contribution in [0.4, 0.5) is 5.82 Å². The molecule has 0 fully saturated rings. The van der Waals surface area contributed by atoms with Gasteiger partial charge in [-0.1, -0.05) is 13.0 Å². The summed E-state index contributed by atoms with van der Waals surface area (Å²) in [5.41, 5.74) is 7.24. The molecule has 3 N–H and O–H groups in total. The van der Waals surface area contributed by atoms with E-state index in [1.165, 1.54) is 0 Å². The van der Waals surface area contributed by atoms with E-state index in [0.717, 1.165) is 31.2 Å². The molecule has 0 spiro atoms. The van der Waals surface area contributed by atoms with Gasteiger partial charge in [-0.15, -0.1) is 10.2 Å². The third-order valence-corrected chi connectivity index (χ3v) is 5.73. The number of ether oxygens (including phenoxy) is 2. The number of benzene rings is 1. The van der Waals surface area contributed by atoms with E-state index in [1.54, 1.807) is 18.5 Å². The fourth-order valence-electron chi connectivity index (χ4n) is 3.78. The number of nitrogens with two attached hydrogens (primary N) is 1. The minimum absolute atomic E-state index is 0.123. The van der Waals surface area contributed by atoms with Gasteiger partial charge in [0.15, 0.2) is 5.82 Å². The lowest BCUT2D eigenvalue weighted by molar-refractivity contribution is 0.0690. The summed E-state index contributed by atoms with van der Waals surface area (Å²) in [4.78, 5) is 16.0. The van der Waals surface area contributed by atoms with E-state index in [9.17, 15) is 9.90 Å². The Hall–Kier alpha value is -3.62. The summed E-state index contributed by atoms with van der Waals surface area (Å²) in [7, 11) is 0. The molecular weight excluding hydrogens is 410 g/mol. The maximum Gasteiger partial charge on any atom is 0.339 e. The third kappa shape index (κ3) is 4.51. The molecule has 9 heteroatoms. The highest BCUT2D eigenvalue weighted by atomic mass is 16.5. The number of hydrogen-bond donors (Lipinski definition) is 2. The second-order valence-electron chi connectivity index (χ2n) is 8.19. The van der Waals surface area contributed by atoms with Crippen molar-refractivity contribution in [2.24, 2.45) is 0 Å². The number of rotatable bonds is 9. The Morgan fingerprint density at radius 2 is 2.19 bits per heavy atom. The van der Waals surface area contributed by atoms with Gasteiger partial charge in [-0.3, -0.25) is 0 Å². The first-order valence-corrected chi connectivity index (χ1v) is 10.7. The SMILES string of the molecule is CCC1(C)Cc2cc(OCCCCn3cnnc3-c3cccc(N)n3)c(C(=O)O)cc2O1. The fourth-order valence-corrected chi connectivity index (χ4v) is 3.78. The van der Waals surface area contributed by atoms with Gasteiger partial charge in [-0.25, -0.2) is 9.78 Å². The van der Waals surface area contributed by atoms with E-state index < -0.39 is 5.97 Å². The van der Waals surface area contributed by atoms with Crippen molar-refractivity contribution in [2.45, 2.75) is 51.7 Å². The number of hydrogen-bond acceptors (Lipinski definition) is 7. The molecule has 0 aliphatic carbocycles. The van der Waals surface area contributed by atoms with Crippen molar-refractivity contribution >= 4 is 11.8 Å². The Balaban J connectivity index is 1.36. The summed E-state index contributed by atoms with van der Waals surface area (Å²) >= 11 is 0. The maximum atomic E-state index is 11.7. The van der Waals surface area contributed by atoms with Crippen LogP contribution in [0, 0.1) is 0 Å². The van der Waals surface area contributed by atoms with Gasteiger partial charge < -0.3 is 24.9 Å². The zero-order valence-electron chi connectivity index (χ0n) is 18.2. The van der Waals surface area contributed by atoms with Gasteiger partial charge in [0.05, 0.1) is 6.61 Å². The quantitative estimate of drug-likeness (QED) is 0.487. The summed E-state index contributed by atoms with van der Waals surface area (Å²) < 4.78 is 13.8. The van der Waals surface area contributed by atoms with Crippen molar-refractivity contribution < 1.29 is 19.4 Å². The molecule has 1 aliphatic rings. The number of carbonyl (C=O) groups is 1. The van der Waals surface area contributed by atoms with Gasteiger partial charge in [-0.2, -0.15) is 0 Å². The summed E-state index contributed by atoms with van der Waals surface area (Å²) in [5, 5.41) is 17.7. The molecule has 1 unspecified atom stereocenters. The molecular formula is C23H27N5O4. The van der Waals surface area contributed by atoms with Crippen LogP contribution in [0.1, 0.15) is 49.0 Å². The second kappa shape index (κ2) is 8.86. The molecule has 3 aromatic rings. The average Bonchev–Trinajstić information content (AvgIpc) is 3.36. The van der Waals surface area contributed by atoms with Crippen molar-refractivity contribution in [1.82, 2.24) is 19.7 Å². The van der Waals surface area contributed by atoms with E-state index in [4.69, 9.17) is 15.2 Å². The molecule has 3 heterocycles. The van der Waals surface area contributed by atoms with E-state index in [1.807, 2.05) is 29.7 Å². The molecule has 2 aromatic heterocycles. The van der Waals surface area contributed by atoms with Crippen LogP contribution in [0.3, 0.4) is 0 Å². The number of aromatic carboxylic acids is 1. The van der Waals surface area contributed by atoms with Gasteiger partial charge >= 0.3 is 5.97 Å². The fraction of sp³-hybridized carbons (Fsp3) is 0.391. The highest BCUT2D eigenvalue weighted by Crippen LogP contribution is 2.40. The number of carboxylic acids is 1. The molecule has 168 valence electrons. The Kier molecular flexibility index (Phi) is 5.98. The van der Waals surface area contributed by atoms with Crippen LogP contribution in [-0.2, 0) is 13.0 Å². The third-order valence-electron chi connectivity index (χ3n) is 5.73. The van der Waals surface area contributed by atoms with Crippen LogP contribution in [0.15, 0.2) is 36.7 Å². The Morgan fingerprint density at radius 3 is 2.94 bits per heavy atom. The van der Waals surface area contributed by atoms with Crippen molar-refractivity contribution in [3.63, 3.8) is 0 Å². The summed E-state index contributed by atoms with van der Waals surface area (Å²) in [6.07, 6.45) is 4.79. The van der Waals surface area contributed by atoms with Crippen LogP contribution in [0.5, 0.6) is 11.5 Å². The Labute approximate surface area is 186 Å². The van der Waals surface area contributed by atoms with Crippen molar-refractivity contribution in [3.05, 3.63) is 47.8 Å². The van der Waals surface area contributed by atoms with Crippen LogP contribution < -0.4 is 15.2 Å². The minimum atomic E-state index is -1.03. The molecule has 32 heavy (non-hydrogen) atoms. The number of carboxylic acid groups (broad SMARTS) is 1. The zero-order chi connectivity index (χ0) is 22.7.